The lowest BCUT2D eigenvalue weighted by molar-refractivity contribution is 0.324. The fourth-order valence-electron chi connectivity index (χ4n) is 1.79. The lowest BCUT2D eigenvalue weighted by Gasteiger charge is -2.13. The summed E-state index contributed by atoms with van der Waals surface area (Å²) >= 11 is 1.34. The first-order chi connectivity index (χ1) is 10.1. The molecule has 0 aliphatic rings. The first-order valence-corrected chi connectivity index (χ1v) is 6.82. The monoisotopic (exact) mass is 308 g/mol. The van der Waals surface area contributed by atoms with Gasteiger partial charge in [-0.2, -0.15) is 4.99 Å². The third-order valence-corrected chi connectivity index (χ3v) is 3.41. The Kier molecular flexibility index (Phi) is 4.49. The van der Waals surface area contributed by atoms with Crippen molar-refractivity contribution in [1.29, 1.82) is 0 Å². The van der Waals surface area contributed by atoms with Crippen LogP contribution in [0.4, 0.5) is 5.13 Å². The number of aromatic nitrogens is 1. The van der Waals surface area contributed by atoms with Crippen LogP contribution in [0.5, 0.6) is 17.2 Å². The van der Waals surface area contributed by atoms with Crippen molar-refractivity contribution in [3.8, 4) is 28.5 Å². The molecule has 4 N–H and O–H groups in total. The Labute approximate surface area is 126 Å². The van der Waals surface area contributed by atoms with Crippen molar-refractivity contribution < 1.29 is 14.2 Å². The van der Waals surface area contributed by atoms with Gasteiger partial charge in [0.2, 0.25) is 10.9 Å². The van der Waals surface area contributed by atoms with Crippen molar-refractivity contribution in [2.24, 2.45) is 16.5 Å². The van der Waals surface area contributed by atoms with E-state index in [-0.39, 0.29) is 5.96 Å². The Morgan fingerprint density at radius 3 is 2.19 bits per heavy atom. The van der Waals surface area contributed by atoms with E-state index in [0.717, 1.165) is 11.3 Å². The number of aliphatic imine (C=N–C) groups is 1. The van der Waals surface area contributed by atoms with Crippen molar-refractivity contribution in [2.45, 2.75) is 0 Å². The second-order valence-corrected chi connectivity index (χ2v) is 4.80. The summed E-state index contributed by atoms with van der Waals surface area (Å²) in [5, 5.41) is 2.33. The summed E-state index contributed by atoms with van der Waals surface area (Å²) in [5.41, 5.74) is 12.2. The van der Waals surface area contributed by atoms with Crippen LogP contribution < -0.4 is 25.7 Å². The highest BCUT2D eigenvalue weighted by molar-refractivity contribution is 7.13. The van der Waals surface area contributed by atoms with Gasteiger partial charge in [0.15, 0.2) is 17.5 Å². The molecule has 21 heavy (non-hydrogen) atoms. The summed E-state index contributed by atoms with van der Waals surface area (Å²) < 4.78 is 15.9. The second-order valence-electron chi connectivity index (χ2n) is 3.97. The van der Waals surface area contributed by atoms with Gasteiger partial charge >= 0.3 is 0 Å². The number of ether oxygens (including phenoxy) is 3. The van der Waals surface area contributed by atoms with Gasteiger partial charge in [-0.15, -0.1) is 11.3 Å². The van der Waals surface area contributed by atoms with Gasteiger partial charge in [-0.05, 0) is 12.1 Å². The predicted octanol–water partition coefficient (Wildman–Crippen LogP) is 1.74. The van der Waals surface area contributed by atoms with Crippen LogP contribution in [0.2, 0.25) is 0 Å². The zero-order valence-electron chi connectivity index (χ0n) is 11.9. The molecule has 0 aliphatic heterocycles. The molecule has 0 saturated carbocycles. The van der Waals surface area contributed by atoms with Gasteiger partial charge in [0.05, 0.1) is 27.0 Å². The SMILES string of the molecule is COc1cc(-c2csc(N=C(N)N)n2)cc(OC)c1OC. The van der Waals surface area contributed by atoms with E-state index in [1.807, 2.05) is 17.5 Å². The Balaban J connectivity index is 2.49. The number of hydrogen-bond acceptors (Lipinski definition) is 6. The molecule has 2 rings (SSSR count). The van der Waals surface area contributed by atoms with E-state index in [0.29, 0.717) is 22.4 Å². The number of rotatable bonds is 5. The Morgan fingerprint density at radius 1 is 1.10 bits per heavy atom. The largest absolute Gasteiger partial charge is 0.493 e. The van der Waals surface area contributed by atoms with Crippen LogP contribution >= 0.6 is 11.3 Å². The fraction of sp³-hybridized carbons (Fsp3) is 0.231. The molecule has 0 radical (unpaired) electrons. The lowest BCUT2D eigenvalue weighted by Crippen LogP contribution is -2.21. The first kappa shape index (κ1) is 14.9. The molecular formula is C13H16N4O3S. The van der Waals surface area contributed by atoms with Gasteiger partial charge in [0.1, 0.15) is 0 Å². The van der Waals surface area contributed by atoms with E-state index in [4.69, 9.17) is 25.7 Å². The average Bonchev–Trinajstić information content (AvgIpc) is 2.93. The maximum absolute atomic E-state index is 5.34. The van der Waals surface area contributed by atoms with Gasteiger partial charge < -0.3 is 25.7 Å². The second kappa shape index (κ2) is 6.31. The van der Waals surface area contributed by atoms with E-state index >= 15 is 0 Å². The van der Waals surface area contributed by atoms with Crippen LogP contribution in [-0.2, 0) is 0 Å². The molecule has 0 bridgehead atoms. The number of nitrogens with two attached hydrogens (primary N) is 2. The van der Waals surface area contributed by atoms with Crippen molar-refractivity contribution in [2.75, 3.05) is 21.3 Å². The molecule has 1 heterocycles. The summed E-state index contributed by atoms with van der Waals surface area (Å²) in [6, 6.07) is 3.63. The molecule has 112 valence electrons. The van der Waals surface area contributed by atoms with E-state index in [2.05, 4.69) is 9.98 Å². The third kappa shape index (κ3) is 3.16. The van der Waals surface area contributed by atoms with E-state index in [1.54, 1.807) is 21.3 Å². The topological polar surface area (TPSA) is 105 Å². The normalized spacial score (nSPS) is 10.0. The summed E-state index contributed by atoms with van der Waals surface area (Å²) in [4.78, 5) is 8.26. The minimum Gasteiger partial charge on any atom is -0.493 e. The van der Waals surface area contributed by atoms with Crippen molar-refractivity contribution in [3.63, 3.8) is 0 Å². The van der Waals surface area contributed by atoms with Crippen molar-refractivity contribution in [1.82, 2.24) is 4.98 Å². The van der Waals surface area contributed by atoms with E-state index < -0.39 is 0 Å². The molecule has 0 fully saturated rings. The minimum absolute atomic E-state index is 0.0270. The molecule has 2 aromatic rings. The van der Waals surface area contributed by atoms with Crippen LogP contribution in [0.3, 0.4) is 0 Å². The highest BCUT2D eigenvalue weighted by Crippen LogP contribution is 2.41. The van der Waals surface area contributed by atoms with Gasteiger partial charge in [-0.25, -0.2) is 4.98 Å². The maximum atomic E-state index is 5.34. The van der Waals surface area contributed by atoms with E-state index in [9.17, 15) is 0 Å². The van der Waals surface area contributed by atoms with Crippen LogP contribution in [0.1, 0.15) is 0 Å². The minimum atomic E-state index is -0.0270. The Bertz CT molecular complexity index is 640. The van der Waals surface area contributed by atoms with Crippen LogP contribution in [0, 0.1) is 0 Å². The molecule has 0 unspecified atom stereocenters. The highest BCUT2D eigenvalue weighted by atomic mass is 32.1. The molecule has 0 atom stereocenters. The standard InChI is InChI=1S/C13H16N4O3S/c1-18-9-4-7(5-10(19-2)11(9)20-3)8-6-21-13(16-8)17-12(14)15/h4-6H,1-3H3,(H4,14,15,16,17). The Morgan fingerprint density at radius 2 is 1.71 bits per heavy atom. The smallest absolute Gasteiger partial charge is 0.212 e. The van der Waals surface area contributed by atoms with Gasteiger partial charge in [0, 0.05) is 10.9 Å². The average molecular weight is 308 g/mol. The molecule has 0 spiro atoms. The number of guanidine groups is 1. The number of benzene rings is 1. The lowest BCUT2D eigenvalue weighted by atomic mass is 10.1. The molecular weight excluding hydrogens is 292 g/mol. The summed E-state index contributed by atoms with van der Waals surface area (Å²) in [6.07, 6.45) is 0. The molecule has 0 saturated heterocycles. The van der Waals surface area contributed by atoms with Gasteiger partial charge in [-0.1, -0.05) is 0 Å². The zero-order chi connectivity index (χ0) is 15.4. The van der Waals surface area contributed by atoms with Crippen molar-refractivity contribution >= 4 is 22.4 Å². The molecule has 8 heteroatoms. The van der Waals surface area contributed by atoms with Gasteiger partial charge in [0.25, 0.3) is 0 Å². The summed E-state index contributed by atoms with van der Waals surface area (Å²) in [5.74, 6) is 1.62. The third-order valence-electron chi connectivity index (χ3n) is 2.68. The number of nitrogens with zero attached hydrogens (tertiary/aromatic N) is 2. The molecule has 1 aromatic heterocycles. The van der Waals surface area contributed by atoms with Crippen molar-refractivity contribution in [3.05, 3.63) is 17.5 Å². The maximum Gasteiger partial charge on any atom is 0.212 e. The number of hydrogen-bond donors (Lipinski definition) is 2. The predicted molar refractivity (Wildman–Crippen MR) is 82.7 cm³/mol. The highest BCUT2D eigenvalue weighted by Gasteiger charge is 2.15. The quantitative estimate of drug-likeness (QED) is 0.644. The van der Waals surface area contributed by atoms with Crippen LogP contribution in [0.25, 0.3) is 11.3 Å². The zero-order valence-corrected chi connectivity index (χ0v) is 12.7. The van der Waals surface area contributed by atoms with Gasteiger partial charge in [-0.3, -0.25) is 0 Å². The summed E-state index contributed by atoms with van der Waals surface area (Å²) in [6.45, 7) is 0. The number of methoxy groups -OCH3 is 3. The Hall–Kier alpha value is -2.48. The fourth-order valence-corrected chi connectivity index (χ4v) is 2.50. The van der Waals surface area contributed by atoms with E-state index in [1.165, 1.54) is 11.3 Å². The molecule has 0 amide bonds. The number of thiazole rings is 1. The molecule has 0 aliphatic carbocycles. The molecule has 7 nitrogen and oxygen atoms in total. The molecule has 1 aromatic carbocycles. The van der Waals surface area contributed by atoms with Crippen LogP contribution in [0.15, 0.2) is 22.5 Å². The van der Waals surface area contributed by atoms with Crippen LogP contribution in [-0.4, -0.2) is 32.3 Å². The first-order valence-electron chi connectivity index (χ1n) is 5.94. The summed E-state index contributed by atoms with van der Waals surface area (Å²) in [7, 11) is 4.68.